The lowest BCUT2D eigenvalue weighted by molar-refractivity contribution is -0.144. The Morgan fingerprint density at radius 2 is 1.38 bits per heavy atom. The van der Waals surface area contributed by atoms with Crippen molar-refractivity contribution in [2.24, 2.45) is 0 Å². The van der Waals surface area contributed by atoms with Crippen LogP contribution in [0.2, 0.25) is 10.0 Å². The van der Waals surface area contributed by atoms with E-state index in [1.165, 1.54) is 0 Å². The summed E-state index contributed by atoms with van der Waals surface area (Å²) in [7, 11) is 0. The van der Waals surface area contributed by atoms with Crippen molar-refractivity contribution < 1.29 is 33.8 Å². The summed E-state index contributed by atoms with van der Waals surface area (Å²) in [5.41, 5.74) is 3.29. The van der Waals surface area contributed by atoms with Crippen molar-refractivity contribution in [2.45, 2.75) is 24.7 Å². The van der Waals surface area contributed by atoms with Gasteiger partial charge in [-0.2, -0.15) is 0 Å². The van der Waals surface area contributed by atoms with Gasteiger partial charge >= 0.3 is 5.97 Å². The maximum atomic E-state index is 13.2. The molecular weight excluding hydrogens is 621 g/mol. The van der Waals surface area contributed by atoms with Crippen molar-refractivity contribution in [3.63, 3.8) is 0 Å². The van der Waals surface area contributed by atoms with Crippen molar-refractivity contribution in [3.8, 4) is 11.1 Å². The number of halogens is 2. The lowest BCUT2D eigenvalue weighted by Crippen LogP contribution is -2.51. The Labute approximate surface area is 268 Å². The Bertz CT molecular complexity index is 1700. The molecule has 45 heavy (non-hydrogen) atoms. The molecule has 1 fully saturated rings. The third kappa shape index (κ3) is 7.68. The van der Waals surface area contributed by atoms with Crippen molar-refractivity contribution in [2.75, 3.05) is 17.4 Å². The molecule has 4 aromatic rings. The van der Waals surface area contributed by atoms with Gasteiger partial charge in [-0.05, 0) is 41.5 Å². The van der Waals surface area contributed by atoms with Crippen LogP contribution < -0.4 is 16.0 Å². The Morgan fingerprint density at radius 3 is 2.04 bits per heavy atom. The fraction of sp³-hybridized carbons (Fsp3) is 0.152. The molecule has 1 aliphatic rings. The van der Waals surface area contributed by atoms with E-state index in [4.69, 9.17) is 32.7 Å². The first-order chi connectivity index (χ1) is 21.7. The van der Waals surface area contributed by atoms with Crippen molar-refractivity contribution in [3.05, 3.63) is 118 Å². The third-order valence-electron chi connectivity index (χ3n) is 7.01. The quantitative estimate of drug-likeness (QED) is 0.180. The second-order valence-corrected chi connectivity index (χ2v) is 10.9. The van der Waals surface area contributed by atoms with Crippen molar-refractivity contribution in [1.82, 2.24) is 5.32 Å². The van der Waals surface area contributed by atoms with Gasteiger partial charge in [-0.1, -0.05) is 89.9 Å². The Morgan fingerprint density at radius 1 is 0.756 bits per heavy atom. The minimum atomic E-state index is -1.37. The molecule has 0 bridgehead atoms. The molecule has 0 saturated carbocycles. The van der Waals surface area contributed by atoms with E-state index >= 15 is 0 Å². The predicted molar refractivity (Wildman–Crippen MR) is 169 cm³/mol. The molecular formula is C33H27Cl2N3O7. The SMILES string of the molecule is O=C(Nc1ccc(C[C@H](NC(=O)[C@@H]2OCO[C@H]2C(=O)Nc2ccccc2-c2ccccc2)C(=O)O)cc1)c1c(Cl)cccc1Cl. The number of ether oxygens (including phenoxy) is 2. The number of hydrogen-bond acceptors (Lipinski definition) is 6. The van der Waals surface area contributed by atoms with Crippen LogP contribution in [-0.4, -0.2) is 53.8 Å². The summed E-state index contributed by atoms with van der Waals surface area (Å²) in [6, 6.07) is 26.4. The summed E-state index contributed by atoms with van der Waals surface area (Å²) < 4.78 is 10.8. The monoisotopic (exact) mass is 647 g/mol. The number of hydrogen-bond donors (Lipinski definition) is 4. The summed E-state index contributed by atoms with van der Waals surface area (Å²) in [6.07, 6.45) is -2.76. The minimum Gasteiger partial charge on any atom is -0.480 e. The van der Waals surface area contributed by atoms with Gasteiger partial charge in [0.2, 0.25) is 0 Å². The predicted octanol–water partition coefficient (Wildman–Crippen LogP) is 5.40. The first-order valence-corrected chi connectivity index (χ1v) is 14.5. The molecule has 3 atom stereocenters. The number of carbonyl (C=O) groups is 4. The van der Waals surface area contributed by atoms with Gasteiger partial charge in [0, 0.05) is 23.4 Å². The number of para-hydroxylation sites is 1. The van der Waals surface area contributed by atoms with Crippen LogP contribution in [0.3, 0.4) is 0 Å². The highest BCUT2D eigenvalue weighted by atomic mass is 35.5. The Hall–Kier alpha value is -4.74. The molecule has 4 N–H and O–H groups in total. The zero-order valence-corrected chi connectivity index (χ0v) is 25.0. The van der Waals surface area contributed by atoms with Crippen LogP contribution in [0.4, 0.5) is 11.4 Å². The minimum absolute atomic E-state index is 0.0828. The summed E-state index contributed by atoms with van der Waals surface area (Å²) in [5, 5.41) is 18.2. The number of carboxylic acid groups (broad SMARTS) is 1. The summed E-state index contributed by atoms with van der Waals surface area (Å²) in [4.78, 5) is 51.1. The number of rotatable bonds is 10. The number of anilines is 2. The number of amides is 3. The number of benzene rings is 4. The summed E-state index contributed by atoms with van der Waals surface area (Å²) >= 11 is 12.2. The highest BCUT2D eigenvalue weighted by Crippen LogP contribution is 2.29. The second-order valence-electron chi connectivity index (χ2n) is 10.0. The molecule has 12 heteroatoms. The van der Waals surface area contributed by atoms with Gasteiger partial charge in [0.25, 0.3) is 17.7 Å². The molecule has 3 amide bonds. The van der Waals surface area contributed by atoms with E-state index < -0.39 is 41.9 Å². The number of carboxylic acids is 1. The molecule has 0 unspecified atom stereocenters. The zero-order valence-electron chi connectivity index (χ0n) is 23.5. The first kappa shape index (κ1) is 31.7. The van der Waals surface area contributed by atoms with Crippen LogP contribution in [0.5, 0.6) is 0 Å². The van der Waals surface area contributed by atoms with E-state index in [1.54, 1.807) is 54.6 Å². The van der Waals surface area contributed by atoms with E-state index in [-0.39, 0.29) is 28.8 Å². The van der Waals surface area contributed by atoms with Crippen molar-refractivity contribution >= 4 is 58.3 Å². The number of aliphatic carboxylic acids is 1. The standard InChI is InChI=1S/C33H27Cl2N3O7/c34-23-10-6-11-24(35)27(23)30(39)36-21-15-13-19(14-16-21)17-26(33(42)43)38-32(41)29-28(44-18-45-29)31(40)37-25-12-5-4-9-22(25)20-7-2-1-3-8-20/h1-16,26,28-29H,17-18H2,(H,36,39)(H,37,40)(H,38,41)(H,42,43)/t26-,28+,29+/m0/s1. The zero-order chi connectivity index (χ0) is 31.9. The average molecular weight is 648 g/mol. The maximum absolute atomic E-state index is 13.2. The molecule has 1 heterocycles. The average Bonchev–Trinajstić information content (AvgIpc) is 3.53. The van der Waals surface area contributed by atoms with E-state index in [2.05, 4.69) is 16.0 Å². The maximum Gasteiger partial charge on any atom is 0.326 e. The Balaban J connectivity index is 1.21. The molecule has 5 rings (SSSR count). The van der Waals surface area contributed by atoms with Gasteiger partial charge in [0.15, 0.2) is 12.2 Å². The third-order valence-corrected chi connectivity index (χ3v) is 7.64. The molecule has 230 valence electrons. The van der Waals surface area contributed by atoms with Crippen LogP contribution in [0.15, 0.2) is 97.1 Å². The smallest absolute Gasteiger partial charge is 0.326 e. The lowest BCUT2D eigenvalue weighted by Gasteiger charge is -2.20. The molecule has 4 aromatic carbocycles. The van der Waals surface area contributed by atoms with Crippen LogP contribution in [-0.2, 0) is 30.3 Å². The molecule has 1 aliphatic heterocycles. The van der Waals surface area contributed by atoms with E-state index in [1.807, 2.05) is 42.5 Å². The number of carbonyl (C=O) groups excluding carboxylic acids is 3. The largest absolute Gasteiger partial charge is 0.480 e. The Kier molecular flexibility index (Phi) is 10.1. The van der Waals surface area contributed by atoms with Crippen molar-refractivity contribution in [1.29, 1.82) is 0 Å². The van der Waals surface area contributed by atoms with Gasteiger partial charge in [0.05, 0.1) is 15.6 Å². The molecule has 0 aromatic heterocycles. The second kappa shape index (κ2) is 14.4. The van der Waals surface area contributed by atoms with Gasteiger partial charge in [-0.25, -0.2) is 4.79 Å². The fourth-order valence-electron chi connectivity index (χ4n) is 4.77. The molecule has 10 nitrogen and oxygen atoms in total. The van der Waals surface area contributed by atoms with E-state index in [9.17, 15) is 24.3 Å². The van der Waals surface area contributed by atoms with Crippen LogP contribution in [0.25, 0.3) is 11.1 Å². The van der Waals surface area contributed by atoms with Gasteiger partial charge in [-0.15, -0.1) is 0 Å². The number of nitrogens with one attached hydrogen (secondary N) is 3. The molecule has 0 spiro atoms. The van der Waals surface area contributed by atoms with Crippen LogP contribution in [0.1, 0.15) is 15.9 Å². The van der Waals surface area contributed by atoms with Gasteiger partial charge < -0.3 is 30.5 Å². The lowest BCUT2D eigenvalue weighted by atomic mass is 10.0. The van der Waals surface area contributed by atoms with Gasteiger partial charge in [-0.3, -0.25) is 14.4 Å². The van der Waals surface area contributed by atoms with Crippen LogP contribution >= 0.6 is 23.2 Å². The molecule has 1 saturated heterocycles. The van der Waals surface area contributed by atoms with Crippen LogP contribution in [0, 0.1) is 0 Å². The summed E-state index contributed by atoms with van der Waals surface area (Å²) in [5.74, 6) is -3.21. The highest BCUT2D eigenvalue weighted by molar-refractivity contribution is 6.40. The van der Waals surface area contributed by atoms with E-state index in [0.717, 1.165) is 11.1 Å². The summed E-state index contributed by atoms with van der Waals surface area (Å²) in [6.45, 7) is -0.319. The normalized spacial score (nSPS) is 16.4. The van der Waals surface area contributed by atoms with Gasteiger partial charge in [0.1, 0.15) is 12.8 Å². The van der Waals surface area contributed by atoms with E-state index in [0.29, 0.717) is 16.9 Å². The topological polar surface area (TPSA) is 143 Å². The highest BCUT2D eigenvalue weighted by Gasteiger charge is 2.42. The first-order valence-electron chi connectivity index (χ1n) is 13.8. The molecule has 0 radical (unpaired) electrons. The fourth-order valence-corrected chi connectivity index (χ4v) is 5.34. The molecule has 0 aliphatic carbocycles.